The van der Waals surface area contributed by atoms with Crippen LogP contribution in [0.15, 0.2) is 12.1 Å². The quantitative estimate of drug-likeness (QED) is 0.777. The van der Waals surface area contributed by atoms with Crippen molar-refractivity contribution >= 4 is 15.9 Å². The Kier molecular flexibility index (Phi) is 6.63. The highest BCUT2D eigenvalue weighted by Crippen LogP contribution is 2.17. The van der Waals surface area contributed by atoms with E-state index in [1.165, 1.54) is 15.4 Å². The summed E-state index contributed by atoms with van der Waals surface area (Å²) in [5.74, 6) is 0.288. The molecule has 0 aromatic heterocycles. The van der Waals surface area contributed by atoms with Crippen molar-refractivity contribution in [2.75, 3.05) is 31.9 Å². The number of unbranched alkanes of at least 4 members (excludes halogenated alkanes) is 1. The Labute approximate surface area is 152 Å². The normalized spacial score (nSPS) is 16.2. The number of carbonyl (C=O) groups excluding carboxylic acids is 1. The molecule has 0 radical (unpaired) electrons. The van der Waals surface area contributed by atoms with Gasteiger partial charge in [-0.3, -0.25) is 4.79 Å². The maximum absolute atomic E-state index is 12.6. The van der Waals surface area contributed by atoms with E-state index in [2.05, 4.69) is 26.0 Å². The van der Waals surface area contributed by atoms with Gasteiger partial charge in [0.15, 0.2) is 0 Å². The minimum absolute atomic E-state index is 0.0805. The fourth-order valence-electron chi connectivity index (χ4n) is 3.16. The van der Waals surface area contributed by atoms with Crippen molar-refractivity contribution in [1.29, 1.82) is 0 Å². The molecule has 6 heteroatoms. The Bertz CT molecular complexity index is 720. The molecule has 0 N–H and O–H groups in total. The van der Waals surface area contributed by atoms with Crippen molar-refractivity contribution in [3.8, 4) is 0 Å². The van der Waals surface area contributed by atoms with Crippen molar-refractivity contribution in [2.45, 2.75) is 47.0 Å². The number of nitrogens with zero attached hydrogens (tertiary/aromatic N) is 2. The molecule has 25 heavy (non-hydrogen) atoms. The molecule has 140 valence electrons. The zero-order valence-electron chi connectivity index (χ0n) is 15.8. The third-order valence-electron chi connectivity index (χ3n) is 5.03. The standard InChI is InChI=1S/C19H30N2O3S/c1-5-6-11-25(23,24)21-9-7-20(8-10-21)19(22)14-18-13-16(3)15(2)12-17(18)4/h12-13H,5-11,14H2,1-4H3. The lowest BCUT2D eigenvalue weighted by Crippen LogP contribution is -2.51. The molecule has 2 rings (SSSR count). The highest BCUT2D eigenvalue weighted by molar-refractivity contribution is 7.89. The molecule has 0 saturated carbocycles. The van der Waals surface area contributed by atoms with Crippen LogP contribution >= 0.6 is 0 Å². The number of hydrogen-bond donors (Lipinski definition) is 0. The SMILES string of the molecule is CCCCS(=O)(=O)N1CCN(C(=O)Cc2cc(C)c(C)cc2C)CC1. The lowest BCUT2D eigenvalue weighted by Gasteiger charge is -2.34. The molecule has 1 amide bonds. The van der Waals surface area contributed by atoms with E-state index in [-0.39, 0.29) is 11.7 Å². The van der Waals surface area contributed by atoms with E-state index in [0.717, 1.165) is 17.5 Å². The van der Waals surface area contributed by atoms with Crippen LogP contribution in [0, 0.1) is 20.8 Å². The Balaban J connectivity index is 1.95. The Hall–Kier alpha value is -1.40. The van der Waals surface area contributed by atoms with Crippen molar-refractivity contribution < 1.29 is 13.2 Å². The number of sulfonamides is 1. The van der Waals surface area contributed by atoms with Gasteiger partial charge in [0.05, 0.1) is 12.2 Å². The maximum atomic E-state index is 12.6. The maximum Gasteiger partial charge on any atom is 0.227 e. The monoisotopic (exact) mass is 366 g/mol. The molecule has 0 unspecified atom stereocenters. The van der Waals surface area contributed by atoms with Gasteiger partial charge in [0.1, 0.15) is 0 Å². The third kappa shape index (κ3) is 5.05. The number of amides is 1. The second-order valence-corrected chi connectivity index (χ2v) is 9.08. The van der Waals surface area contributed by atoms with E-state index in [9.17, 15) is 13.2 Å². The molecule has 1 aromatic carbocycles. The minimum atomic E-state index is -3.18. The summed E-state index contributed by atoms with van der Waals surface area (Å²) in [6, 6.07) is 4.21. The molecule has 0 bridgehead atoms. The van der Waals surface area contributed by atoms with Crippen LogP contribution in [0.25, 0.3) is 0 Å². The first-order valence-corrected chi connectivity index (χ1v) is 10.7. The smallest absolute Gasteiger partial charge is 0.227 e. The summed E-state index contributed by atoms with van der Waals surface area (Å²) in [6.45, 7) is 9.93. The van der Waals surface area contributed by atoms with Crippen LogP contribution in [0.5, 0.6) is 0 Å². The van der Waals surface area contributed by atoms with Gasteiger partial charge < -0.3 is 4.90 Å². The van der Waals surface area contributed by atoms with Crippen LogP contribution in [0.4, 0.5) is 0 Å². The van der Waals surface area contributed by atoms with Crippen LogP contribution < -0.4 is 0 Å². The fraction of sp³-hybridized carbons (Fsp3) is 0.632. The van der Waals surface area contributed by atoms with Crippen LogP contribution in [0.1, 0.15) is 42.0 Å². The lowest BCUT2D eigenvalue weighted by atomic mass is 9.98. The van der Waals surface area contributed by atoms with E-state index in [0.29, 0.717) is 39.0 Å². The number of hydrogen-bond acceptors (Lipinski definition) is 3. The summed E-state index contributed by atoms with van der Waals surface area (Å²) in [7, 11) is -3.18. The van der Waals surface area contributed by atoms with Crippen molar-refractivity contribution in [1.82, 2.24) is 9.21 Å². The molecule has 5 nitrogen and oxygen atoms in total. The van der Waals surface area contributed by atoms with Crippen LogP contribution in [-0.4, -0.2) is 55.5 Å². The van der Waals surface area contributed by atoms with Crippen LogP contribution in [-0.2, 0) is 21.2 Å². The molecule has 1 aromatic rings. The Morgan fingerprint density at radius 1 is 1.00 bits per heavy atom. The highest BCUT2D eigenvalue weighted by atomic mass is 32.2. The second kappa shape index (κ2) is 8.32. The largest absolute Gasteiger partial charge is 0.340 e. The minimum Gasteiger partial charge on any atom is -0.340 e. The molecule has 1 aliphatic rings. The predicted molar refractivity (Wildman–Crippen MR) is 101 cm³/mol. The number of benzene rings is 1. The summed E-state index contributed by atoms with van der Waals surface area (Å²) in [6.07, 6.45) is 1.94. The van der Waals surface area contributed by atoms with E-state index in [4.69, 9.17) is 0 Å². The van der Waals surface area contributed by atoms with Gasteiger partial charge in [-0.1, -0.05) is 25.5 Å². The molecule has 0 aliphatic carbocycles. The summed E-state index contributed by atoms with van der Waals surface area (Å²) >= 11 is 0. The third-order valence-corrected chi connectivity index (χ3v) is 6.99. The summed E-state index contributed by atoms with van der Waals surface area (Å²) in [5, 5.41) is 0. The van der Waals surface area contributed by atoms with Gasteiger partial charge in [-0.15, -0.1) is 0 Å². The molecular weight excluding hydrogens is 336 g/mol. The first-order chi connectivity index (χ1) is 11.7. The van der Waals surface area contributed by atoms with Gasteiger partial charge >= 0.3 is 0 Å². The van der Waals surface area contributed by atoms with Crippen molar-refractivity contribution in [3.63, 3.8) is 0 Å². The molecule has 1 fully saturated rings. The first-order valence-electron chi connectivity index (χ1n) is 9.07. The average molecular weight is 367 g/mol. The molecule has 0 spiro atoms. The summed E-state index contributed by atoms with van der Waals surface area (Å²) in [5.41, 5.74) is 4.63. The molecule has 1 heterocycles. The van der Waals surface area contributed by atoms with Crippen molar-refractivity contribution in [2.24, 2.45) is 0 Å². The number of rotatable bonds is 6. The number of carbonyl (C=O) groups is 1. The number of piperazine rings is 1. The van der Waals surface area contributed by atoms with Gasteiger partial charge in [0, 0.05) is 26.2 Å². The van der Waals surface area contributed by atoms with Gasteiger partial charge in [0.2, 0.25) is 15.9 Å². The average Bonchev–Trinajstić information content (AvgIpc) is 2.58. The molecule has 1 aliphatic heterocycles. The van der Waals surface area contributed by atoms with Gasteiger partial charge in [-0.2, -0.15) is 4.31 Å². The van der Waals surface area contributed by atoms with Gasteiger partial charge in [-0.25, -0.2) is 8.42 Å². The van der Waals surface area contributed by atoms with Gasteiger partial charge in [0.25, 0.3) is 0 Å². The molecule has 1 saturated heterocycles. The predicted octanol–water partition coefficient (Wildman–Crippen LogP) is 2.43. The Morgan fingerprint density at radius 3 is 2.20 bits per heavy atom. The fourth-order valence-corrected chi connectivity index (χ4v) is 4.79. The lowest BCUT2D eigenvalue weighted by molar-refractivity contribution is -0.131. The second-order valence-electron chi connectivity index (χ2n) is 6.99. The highest BCUT2D eigenvalue weighted by Gasteiger charge is 2.28. The van der Waals surface area contributed by atoms with E-state index in [1.54, 1.807) is 4.90 Å². The number of aryl methyl sites for hydroxylation is 3. The first kappa shape index (κ1) is 19.9. The molecule has 0 atom stereocenters. The van der Waals surface area contributed by atoms with E-state index >= 15 is 0 Å². The Morgan fingerprint density at radius 2 is 1.60 bits per heavy atom. The molecular formula is C19H30N2O3S. The van der Waals surface area contributed by atoms with Gasteiger partial charge in [-0.05, 0) is 49.4 Å². The van der Waals surface area contributed by atoms with Crippen molar-refractivity contribution in [3.05, 3.63) is 34.4 Å². The van der Waals surface area contributed by atoms with Crippen LogP contribution in [0.2, 0.25) is 0 Å². The van der Waals surface area contributed by atoms with E-state index < -0.39 is 10.0 Å². The zero-order chi connectivity index (χ0) is 18.6. The van der Waals surface area contributed by atoms with Crippen LogP contribution in [0.3, 0.4) is 0 Å². The topological polar surface area (TPSA) is 57.7 Å². The summed E-state index contributed by atoms with van der Waals surface area (Å²) < 4.78 is 26.0. The summed E-state index contributed by atoms with van der Waals surface area (Å²) in [4.78, 5) is 14.4. The zero-order valence-corrected chi connectivity index (χ0v) is 16.7. The van der Waals surface area contributed by atoms with E-state index in [1.807, 2.05) is 13.8 Å².